The molecule has 0 spiro atoms. The van der Waals surface area contributed by atoms with Crippen molar-refractivity contribution in [1.82, 2.24) is 5.32 Å². The maximum atomic E-state index is 11.5. The van der Waals surface area contributed by atoms with E-state index >= 15 is 0 Å². The lowest BCUT2D eigenvalue weighted by molar-refractivity contribution is -0.146. The van der Waals surface area contributed by atoms with Gasteiger partial charge < -0.3 is 15.2 Å². The Kier molecular flexibility index (Phi) is 6.52. The molecule has 4 heteroatoms. The van der Waals surface area contributed by atoms with E-state index in [0.717, 1.165) is 51.5 Å². The summed E-state index contributed by atoms with van der Waals surface area (Å²) in [5, 5.41) is 12.7. The largest absolute Gasteiger partial charge is 0.480 e. The van der Waals surface area contributed by atoms with Crippen LogP contribution in [0.4, 0.5) is 0 Å². The van der Waals surface area contributed by atoms with E-state index in [-0.39, 0.29) is 0 Å². The van der Waals surface area contributed by atoms with E-state index in [2.05, 4.69) is 5.32 Å². The molecule has 0 saturated heterocycles. The topological polar surface area (TPSA) is 58.6 Å². The molecule has 1 rings (SSSR count). The predicted octanol–water partition coefficient (Wildman–Crippen LogP) is 2.18. The van der Waals surface area contributed by atoms with Crippen LogP contribution in [0.1, 0.15) is 51.4 Å². The number of methoxy groups -OCH3 is 1. The molecule has 0 unspecified atom stereocenters. The van der Waals surface area contributed by atoms with Crippen LogP contribution in [0, 0.1) is 0 Å². The molecule has 0 heterocycles. The van der Waals surface area contributed by atoms with Crippen molar-refractivity contribution in [2.75, 3.05) is 20.3 Å². The van der Waals surface area contributed by atoms with Crippen molar-refractivity contribution in [2.24, 2.45) is 0 Å². The van der Waals surface area contributed by atoms with Gasteiger partial charge in [0.05, 0.1) is 0 Å². The Morgan fingerprint density at radius 3 is 2.35 bits per heavy atom. The van der Waals surface area contributed by atoms with Crippen LogP contribution in [0.3, 0.4) is 0 Å². The van der Waals surface area contributed by atoms with Gasteiger partial charge in [-0.2, -0.15) is 0 Å². The molecule has 0 atom stereocenters. The highest BCUT2D eigenvalue weighted by Crippen LogP contribution is 2.26. The molecule has 0 aromatic carbocycles. The molecule has 2 N–H and O–H groups in total. The van der Waals surface area contributed by atoms with Crippen LogP contribution < -0.4 is 5.32 Å². The number of nitrogens with one attached hydrogen (secondary N) is 1. The standard InChI is InChI=1S/C13H25NO3/c1-17-11-7-10-14-13(12(15)16)8-5-3-2-4-6-9-13/h14H,2-11H2,1H3,(H,15,16). The van der Waals surface area contributed by atoms with Crippen LogP contribution in [-0.2, 0) is 9.53 Å². The molecular formula is C13H25NO3. The fourth-order valence-corrected chi connectivity index (χ4v) is 2.52. The highest BCUT2D eigenvalue weighted by Gasteiger charge is 2.37. The van der Waals surface area contributed by atoms with Gasteiger partial charge in [-0.05, 0) is 25.8 Å². The first kappa shape index (κ1) is 14.5. The Bertz CT molecular complexity index is 223. The summed E-state index contributed by atoms with van der Waals surface area (Å²) >= 11 is 0. The summed E-state index contributed by atoms with van der Waals surface area (Å²) < 4.78 is 4.98. The first-order chi connectivity index (χ1) is 8.21. The van der Waals surface area contributed by atoms with Gasteiger partial charge in [-0.25, -0.2) is 0 Å². The van der Waals surface area contributed by atoms with Crippen molar-refractivity contribution in [3.05, 3.63) is 0 Å². The van der Waals surface area contributed by atoms with Gasteiger partial charge in [0.15, 0.2) is 0 Å². The first-order valence-corrected chi connectivity index (χ1v) is 6.69. The minimum Gasteiger partial charge on any atom is -0.480 e. The number of carbonyl (C=O) groups is 1. The second-order valence-electron chi connectivity index (χ2n) is 4.93. The third-order valence-electron chi connectivity index (χ3n) is 3.61. The molecule has 0 aliphatic heterocycles. The van der Waals surface area contributed by atoms with E-state index in [4.69, 9.17) is 4.74 Å². The van der Waals surface area contributed by atoms with Crippen molar-refractivity contribution < 1.29 is 14.6 Å². The summed E-state index contributed by atoms with van der Waals surface area (Å²) in [7, 11) is 1.67. The van der Waals surface area contributed by atoms with Gasteiger partial charge in [0.25, 0.3) is 0 Å². The average Bonchev–Trinajstić information content (AvgIpc) is 2.26. The summed E-state index contributed by atoms with van der Waals surface area (Å²) in [6, 6.07) is 0. The van der Waals surface area contributed by atoms with Crippen LogP contribution in [0.2, 0.25) is 0 Å². The van der Waals surface area contributed by atoms with Gasteiger partial charge in [0.2, 0.25) is 0 Å². The zero-order valence-electron chi connectivity index (χ0n) is 10.8. The SMILES string of the molecule is COCCCNC1(C(=O)O)CCCCCCC1. The lowest BCUT2D eigenvalue weighted by Gasteiger charge is -2.32. The summed E-state index contributed by atoms with van der Waals surface area (Å²) in [6.45, 7) is 1.41. The van der Waals surface area contributed by atoms with Crippen molar-refractivity contribution in [3.63, 3.8) is 0 Å². The Hall–Kier alpha value is -0.610. The third-order valence-corrected chi connectivity index (χ3v) is 3.61. The fourth-order valence-electron chi connectivity index (χ4n) is 2.52. The van der Waals surface area contributed by atoms with Crippen LogP contribution >= 0.6 is 0 Å². The molecular weight excluding hydrogens is 218 g/mol. The number of rotatable bonds is 6. The first-order valence-electron chi connectivity index (χ1n) is 6.69. The number of hydrogen-bond acceptors (Lipinski definition) is 3. The molecule has 1 aliphatic carbocycles. The monoisotopic (exact) mass is 243 g/mol. The maximum absolute atomic E-state index is 11.5. The van der Waals surface area contributed by atoms with Crippen molar-refractivity contribution in [3.8, 4) is 0 Å². The normalized spacial score (nSPS) is 20.5. The van der Waals surface area contributed by atoms with E-state index in [1.165, 1.54) is 6.42 Å². The molecule has 0 radical (unpaired) electrons. The molecule has 0 amide bonds. The third kappa shape index (κ3) is 4.64. The highest BCUT2D eigenvalue weighted by molar-refractivity contribution is 5.78. The molecule has 0 aromatic heterocycles. The van der Waals surface area contributed by atoms with E-state index in [1.807, 2.05) is 0 Å². The molecule has 1 aliphatic rings. The van der Waals surface area contributed by atoms with Gasteiger partial charge >= 0.3 is 5.97 Å². The Morgan fingerprint density at radius 1 is 1.24 bits per heavy atom. The van der Waals surface area contributed by atoms with Gasteiger partial charge in [-0.1, -0.05) is 32.1 Å². The number of aliphatic carboxylic acids is 1. The molecule has 100 valence electrons. The summed E-state index contributed by atoms with van der Waals surface area (Å²) in [6.07, 6.45) is 7.99. The van der Waals surface area contributed by atoms with Gasteiger partial charge in [-0.15, -0.1) is 0 Å². The van der Waals surface area contributed by atoms with Gasteiger partial charge in [0.1, 0.15) is 5.54 Å². The minimum absolute atomic E-state index is 0.683. The Balaban J connectivity index is 2.49. The molecule has 0 aromatic rings. The summed E-state index contributed by atoms with van der Waals surface area (Å²) in [5.74, 6) is -0.684. The number of carboxylic acids is 1. The van der Waals surface area contributed by atoms with Crippen LogP contribution in [0.25, 0.3) is 0 Å². The fraction of sp³-hybridized carbons (Fsp3) is 0.923. The van der Waals surface area contributed by atoms with Crippen molar-refractivity contribution in [1.29, 1.82) is 0 Å². The smallest absolute Gasteiger partial charge is 0.323 e. The quantitative estimate of drug-likeness (QED) is 0.702. The van der Waals surface area contributed by atoms with Crippen molar-refractivity contribution >= 4 is 5.97 Å². The second-order valence-corrected chi connectivity index (χ2v) is 4.93. The van der Waals surface area contributed by atoms with Gasteiger partial charge in [0, 0.05) is 13.7 Å². The number of ether oxygens (including phenoxy) is 1. The highest BCUT2D eigenvalue weighted by atomic mass is 16.5. The maximum Gasteiger partial charge on any atom is 0.323 e. The average molecular weight is 243 g/mol. The Labute approximate surface area is 104 Å². The van der Waals surface area contributed by atoms with Crippen LogP contribution in [-0.4, -0.2) is 36.9 Å². The minimum atomic E-state index is -0.686. The molecule has 4 nitrogen and oxygen atoms in total. The number of hydrogen-bond donors (Lipinski definition) is 2. The van der Waals surface area contributed by atoms with Crippen LogP contribution in [0.15, 0.2) is 0 Å². The zero-order valence-corrected chi connectivity index (χ0v) is 10.8. The van der Waals surface area contributed by atoms with Crippen LogP contribution in [0.5, 0.6) is 0 Å². The second kappa shape index (κ2) is 7.67. The molecule has 1 fully saturated rings. The van der Waals surface area contributed by atoms with E-state index in [9.17, 15) is 9.90 Å². The van der Waals surface area contributed by atoms with E-state index < -0.39 is 11.5 Å². The lowest BCUT2D eigenvalue weighted by Crippen LogP contribution is -2.52. The molecule has 1 saturated carbocycles. The molecule has 17 heavy (non-hydrogen) atoms. The van der Waals surface area contributed by atoms with E-state index in [1.54, 1.807) is 7.11 Å². The number of carboxylic acid groups (broad SMARTS) is 1. The summed E-state index contributed by atoms with van der Waals surface area (Å²) in [5.41, 5.74) is -0.686. The summed E-state index contributed by atoms with van der Waals surface area (Å²) in [4.78, 5) is 11.5. The lowest BCUT2D eigenvalue weighted by atomic mass is 9.84. The predicted molar refractivity (Wildman–Crippen MR) is 67.2 cm³/mol. The van der Waals surface area contributed by atoms with E-state index in [0.29, 0.717) is 6.61 Å². The van der Waals surface area contributed by atoms with Crippen molar-refractivity contribution in [2.45, 2.75) is 56.9 Å². The van der Waals surface area contributed by atoms with Gasteiger partial charge in [-0.3, -0.25) is 4.79 Å². The zero-order chi connectivity index (χ0) is 12.6. The Morgan fingerprint density at radius 2 is 1.82 bits per heavy atom. The molecule has 0 bridgehead atoms.